The highest BCUT2D eigenvalue weighted by atomic mass is 32.1. The third-order valence-corrected chi connectivity index (χ3v) is 8.06. The summed E-state index contributed by atoms with van der Waals surface area (Å²) in [5, 5.41) is 5.17. The first-order valence-corrected chi connectivity index (χ1v) is 13.3. The van der Waals surface area contributed by atoms with Crippen LogP contribution in [0.1, 0.15) is 27.8 Å². The van der Waals surface area contributed by atoms with Gasteiger partial charge in [-0.3, -0.25) is 4.79 Å². The molecule has 0 unspecified atom stereocenters. The number of carbonyl (C=O) groups excluding carboxylic acids is 1. The number of hydrogen-bond acceptors (Lipinski definition) is 4. The van der Waals surface area contributed by atoms with Gasteiger partial charge in [0.25, 0.3) is 0 Å². The van der Waals surface area contributed by atoms with Crippen LogP contribution >= 0.6 is 24.0 Å². The second kappa shape index (κ2) is 11.7. The van der Waals surface area contributed by atoms with Gasteiger partial charge < -0.3 is 10.2 Å². The maximum atomic E-state index is 13.3. The van der Waals surface area contributed by atoms with E-state index in [4.69, 9.17) is 0 Å². The van der Waals surface area contributed by atoms with Crippen molar-refractivity contribution in [1.29, 1.82) is 0 Å². The lowest BCUT2D eigenvalue weighted by atomic mass is 10.00. The molecule has 0 spiro atoms. The van der Waals surface area contributed by atoms with E-state index in [1.807, 2.05) is 43.3 Å². The number of aryl methyl sites for hydroxylation is 1. The summed E-state index contributed by atoms with van der Waals surface area (Å²) < 4.78 is 89.5. The fourth-order valence-electron chi connectivity index (χ4n) is 4.34. The number of thiophene rings is 1. The first kappa shape index (κ1) is 29.7. The number of nitrogens with zero attached hydrogens (tertiary/aromatic N) is 1. The van der Waals surface area contributed by atoms with Crippen LogP contribution in [0.5, 0.6) is 0 Å². The quantitative estimate of drug-likeness (QED) is 0.183. The lowest BCUT2D eigenvalue weighted by molar-refractivity contribution is -0.186. The molecule has 40 heavy (non-hydrogen) atoms. The smallest absolute Gasteiger partial charge is 0.373 e. The largest absolute Gasteiger partial charge is 0.471 e. The first-order valence-electron chi connectivity index (χ1n) is 12.0. The van der Waals surface area contributed by atoms with Gasteiger partial charge in [-0.1, -0.05) is 36.4 Å². The highest BCUT2D eigenvalue weighted by Crippen LogP contribution is 2.36. The van der Waals surface area contributed by atoms with Crippen molar-refractivity contribution in [2.45, 2.75) is 43.7 Å². The molecule has 0 saturated heterocycles. The highest BCUT2D eigenvalue weighted by Gasteiger charge is 2.43. The van der Waals surface area contributed by atoms with E-state index < -0.39 is 29.6 Å². The van der Waals surface area contributed by atoms with Crippen LogP contribution in [-0.2, 0) is 30.5 Å². The molecule has 0 saturated carbocycles. The summed E-state index contributed by atoms with van der Waals surface area (Å²) in [6.45, 7) is 2.25. The fraction of sp³-hybridized carbons (Fsp3) is 0.250. The van der Waals surface area contributed by atoms with Crippen molar-refractivity contribution in [2.75, 3.05) is 11.9 Å². The normalized spacial score (nSPS) is 13.5. The topological polar surface area (TPSA) is 32.3 Å². The number of carbonyl (C=O) groups is 1. The highest BCUT2D eigenvalue weighted by molar-refractivity contribution is 7.80. The molecule has 1 N–H and O–H groups in total. The van der Waals surface area contributed by atoms with Crippen molar-refractivity contribution in [3.8, 4) is 0 Å². The second-order valence-electron chi connectivity index (χ2n) is 9.11. The molecule has 2 heterocycles. The van der Waals surface area contributed by atoms with Crippen LogP contribution in [0.25, 0.3) is 10.1 Å². The number of fused-ring (bicyclic) bond motifs is 2. The van der Waals surface area contributed by atoms with Crippen molar-refractivity contribution in [3.05, 3.63) is 94.3 Å². The molecule has 1 aliphatic heterocycles. The van der Waals surface area contributed by atoms with E-state index in [2.05, 4.69) is 17.9 Å². The molecule has 0 atom stereocenters. The Morgan fingerprint density at radius 3 is 2.42 bits per heavy atom. The van der Waals surface area contributed by atoms with Gasteiger partial charge in [-0.25, -0.2) is 4.39 Å². The fourth-order valence-corrected chi connectivity index (χ4v) is 5.75. The van der Waals surface area contributed by atoms with E-state index in [9.17, 15) is 35.5 Å². The number of thiol groups is 1. The van der Waals surface area contributed by atoms with Crippen LogP contribution < -0.4 is 5.32 Å². The number of halogens is 7. The Morgan fingerprint density at radius 2 is 1.75 bits per heavy atom. The predicted octanol–water partition coefficient (Wildman–Crippen LogP) is 8.40. The maximum Gasteiger partial charge on any atom is 0.471 e. The summed E-state index contributed by atoms with van der Waals surface area (Å²) in [5.74, 6) is -3.03. The third-order valence-electron chi connectivity index (χ3n) is 6.41. The minimum atomic E-state index is -4.80. The molecule has 0 fully saturated rings. The van der Waals surface area contributed by atoms with Gasteiger partial charge in [-0.05, 0) is 65.3 Å². The average Bonchev–Trinajstić information content (AvgIpc) is 3.22. The molecule has 1 aromatic heterocycles. The number of nitrogens with one attached hydrogen (secondary N) is 1. The van der Waals surface area contributed by atoms with E-state index in [1.54, 1.807) is 17.4 Å². The van der Waals surface area contributed by atoms with Gasteiger partial charge in [0.05, 0.1) is 10.6 Å². The van der Waals surface area contributed by atoms with Crippen LogP contribution in [0.4, 0.5) is 35.7 Å². The monoisotopic (exact) mass is 600 g/mol. The predicted molar refractivity (Wildman–Crippen MR) is 144 cm³/mol. The number of rotatable bonds is 3. The molecule has 12 heteroatoms. The Hall–Kier alpha value is -3.25. The number of amides is 1. The molecule has 1 amide bonds. The summed E-state index contributed by atoms with van der Waals surface area (Å²) in [4.78, 5) is 12.6. The Bertz CT molecular complexity index is 1530. The lowest BCUT2D eigenvalue weighted by Gasteiger charge is -2.30. The zero-order valence-electron chi connectivity index (χ0n) is 21.0. The summed E-state index contributed by atoms with van der Waals surface area (Å²) in [6, 6.07) is 16.3. The van der Waals surface area contributed by atoms with Crippen LogP contribution in [0.15, 0.2) is 65.6 Å². The van der Waals surface area contributed by atoms with Crippen molar-refractivity contribution in [1.82, 2.24) is 4.90 Å². The van der Waals surface area contributed by atoms with Crippen LogP contribution in [0.2, 0.25) is 0 Å². The van der Waals surface area contributed by atoms with E-state index in [0.29, 0.717) is 22.4 Å². The molecule has 3 nitrogen and oxygen atoms in total. The molecule has 1 aliphatic rings. The van der Waals surface area contributed by atoms with Gasteiger partial charge in [0.15, 0.2) is 0 Å². The number of alkyl halides is 6. The average molecular weight is 601 g/mol. The number of hydrogen-bond donors (Lipinski definition) is 2. The van der Waals surface area contributed by atoms with E-state index >= 15 is 0 Å². The minimum absolute atomic E-state index is 0.0205. The van der Waals surface area contributed by atoms with Crippen molar-refractivity contribution < 1.29 is 35.5 Å². The molecule has 0 radical (unpaired) electrons. The van der Waals surface area contributed by atoms with Crippen LogP contribution in [0.3, 0.4) is 0 Å². The summed E-state index contributed by atoms with van der Waals surface area (Å²) in [6.07, 6.45) is -9.05. The van der Waals surface area contributed by atoms with Gasteiger partial charge in [0.2, 0.25) is 0 Å². The second-order valence-corrected chi connectivity index (χ2v) is 10.6. The molecule has 212 valence electrons. The van der Waals surface area contributed by atoms with Crippen molar-refractivity contribution in [2.24, 2.45) is 0 Å². The zero-order chi connectivity index (χ0) is 29.2. The Morgan fingerprint density at radius 1 is 1.02 bits per heavy atom. The third kappa shape index (κ3) is 6.72. The summed E-state index contributed by atoms with van der Waals surface area (Å²) in [5.41, 5.74) is 1.88. The maximum absolute atomic E-state index is 13.3. The van der Waals surface area contributed by atoms with E-state index in [-0.39, 0.29) is 19.6 Å². The lowest BCUT2D eigenvalue weighted by Crippen LogP contribution is -2.43. The minimum Gasteiger partial charge on any atom is -0.373 e. The van der Waals surface area contributed by atoms with Gasteiger partial charge in [0, 0.05) is 29.2 Å². The molecule has 0 aliphatic carbocycles. The Kier molecular flexibility index (Phi) is 8.69. The molecular formula is C28H23F7N2OS2. The molecule has 0 bridgehead atoms. The van der Waals surface area contributed by atoms with Crippen LogP contribution in [0, 0.1) is 12.7 Å². The molecule has 5 rings (SSSR count). The standard InChI is InChI=1S/C17H13F4NS.C11H10F3NOS/c1-10-12-4-2-3-5-15(12)23-16(10)22-9-11-6-7-14(18)13(8-11)17(19,20)21;12-11(13,14)10(16)15-5-4-7-2-1-3-9(17)8(7)6-15/h2-8,22H,9H2,1H3;1-3,17H,4-6H2. The molecule has 3 aromatic carbocycles. The SMILES string of the molecule is Cc1c(NCc2ccc(F)c(C(F)(F)F)c2)sc2ccccc12.O=C(N1CCc2cccc(S)c2C1)C(F)(F)F. The Labute approximate surface area is 235 Å². The van der Waals surface area contributed by atoms with Gasteiger partial charge in [-0.2, -0.15) is 26.3 Å². The summed E-state index contributed by atoms with van der Waals surface area (Å²) in [7, 11) is 0. The van der Waals surface area contributed by atoms with Crippen LogP contribution in [-0.4, -0.2) is 23.5 Å². The first-order chi connectivity index (χ1) is 18.8. The van der Waals surface area contributed by atoms with Crippen molar-refractivity contribution >= 4 is 45.0 Å². The Balaban J connectivity index is 0.000000194. The van der Waals surface area contributed by atoms with Gasteiger partial charge >= 0.3 is 18.3 Å². The van der Waals surface area contributed by atoms with Crippen molar-refractivity contribution in [3.63, 3.8) is 0 Å². The van der Waals surface area contributed by atoms with Gasteiger partial charge in [-0.15, -0.1) is 24.0 Å². The number of benzene rings is 3. The number of anilines is 1. The van der Waals surface area contributed by atoms with E-state index in [0.717, 1.165) is 43.2 Å². The zero-order valence-corrected chi connectivity index (χ0v) is 22.7. The van der Waals surface area contributed by atoms with Gasteiger partial charge in [0.1, 0.15) is 5.82 Å². The van der Waals surface area contributed by atoms with E-state index in [1.165, 1.54) is 6.07 Å². The molecular weight excluding hydrogens is 577 g/mol. The summed E-state index contributed by atoms with van der Waals surface area (Å²) >= 11 is 5.75. The molecule has 4 aromatic rings.